The molecular weight excluding hydrogens is 586 g/mol. The number of halogens is 7. The quantitative estimate of drug-likeness (QED) is 0.183. The average Bonchev–Trinajstić information content (AvgIpc) is 2.90. The third-order valence-corrected chi connectivity index (χ3v) is 5.97. The van der Waals surface area contributed by atoms with Gasteiger partial charge in [-0.1, -0.05) is 76.6 Å². The van der Waals surface area contributed by atoms with Gasteiger partial charge in [-0.05, 0) is 72.5 Å². The molecule has 0 unspecified atom stereocenters. The number of benzene rings is 4. The molecule has 2 nitrogen and oxygen atoms in total. The van der Waals surface area contributed by atoms with Crippen LogP contribution < -0.4 is 4.74 Å². The van der Waals surface area contributed by atoms with Gasteiger partial charge < -0.3 is 9.84 Å². The zero-order valence-corrected chi connectivity index (χ0v) is 22.7. The van der Waals surface area contributed by atoms with Gasteiger partial charge in [-0.2, -0.15) is 26.3 Å². The molecule has 0 atom stereocenters. The summed E-state index contributed by atoms with van der Waals surface area (Å²) in [7, 11) is 0. The first-order chi connectivity index (χ1) is 18.3. The molecule has 0 saturated heterocycles. The minimum absolute atomic E-state index is 0.253. The molecule has 0 aromatic heterocycles. The van der Waals surface area contributed by atoms with Crippen molar-refractivity contribution < 1.29 is 36.2 Å². The SMILES string of the molecule is Cc1ccccc1O.Cc1ccccc1OCc1ccc(C(F)(F)F)cc1.FC(F)(F)c1ccc(CBr)cc1. The van der Waals surface area contributed by atoms with Crippen molar-refractivity contribution in [3.63, 3.8) is 0 Å². The Morgan fingerprint density at radius 3 is 1.44 bits per heavy atom. The fourth-order valence-corrected chi connectivity index (χ4v) is 3.39. The maximum absolute atomic E-state index is 12.4. The van der Waals surface area contributed by atoms with E-state index in [0.29, 0.717) is 16.6 Å². The molecule has 0 aliphatic heterocycles. The molecule has 4 aromatic carbocycles. The van der Waals surface area contributed by atoms with Crippen molar-refractivity contribution in [1.29, 1.82) is 0 Å². The van der Waals surface area contributed by atoms with Crippen molar-refractivity contribution in [2.24, 2.45) is 0 Å². The van der Waals surface area contributed by atoms with E-state index in [2.05, 4.69) is 15.9 Å². The third kappa shape index (κ3) is 11.0. The van der Waals surface area contributed by atoms with Crippen molar-refractivity contribution in [1.82, 2.24) is 0 Å². The number of alkyl halides is 7. The minimum atomic E-state index is -4.30. The molecule has 0 heterocycles. The number of rotatable bonds is 4. The summed E-state index contributed by atoms with van der Waals surface area (Å²) in [6.45, 7) is 4.04. The number of aromatic hydroxyl groups is 1. The Morgan fingerprint density at radius 1 is 0.615 bits per heavy atom. The highest BCUT2D eigenvalue weighted by Gasteiger charge is 2.30. The molecule has 0 aliphatic rings. The summed E-state index contributed by atoms with van der Waals surface area (Å²) in [6, 6.07) is 24.8. The van der Waals surface area contributed by atoms with Crippen LogP contribution in [0.4, 0.5) is 26.3 Å². The van der Waals surface area contributed by atoms with Crippen LogP contribution in [0.25, 0.3) is 0 Å². The monoisotopic (exact) mass is 612 g/mol. The molecule has 4 rings (SSSR count). The predicted octanol–water partition coefficient (Wildman–Crippen LogP) is 9.89. The van der Waals surface area contributed by atoms with E-state index in [0.717, 1.165) is 46.7 Å². The summed E-state index contributed by atoms with van der Waals surface area (Å²) in [5.41, 5.74) is 2.21. The van der Waals surface area contributed by atoms with E-state index in [-0.39, 0.29) is 6.61 Å². The van der Waals surface area contributed by atoms with Crippen LogP contribution in [0.5, 0.6) is 11.5 Å². The number of phenols is 1. The van der Waals surface area contributed by atoms with Crippen molar-refractivity contribution in [2.45, 2.75) is 38.1 Å². The highest BCUT2D eigenvalue weighted by molar-refractivity contribution is 9.08. The van der Waals surface area contributed by atoms with Gasteiger partial charge >= 0.3 is 12.4 Å². The van der Waals surface area contributed by atoms with Crippen molar-refractivity contribution in [3.05, 3.63) is 130 Å². The Hall–Kier alpha value is -3.46. The molecule has 39 heavy (non-hydrogen) atoms. The largest absolute Gasteiger partial charge is 0.508 e. The maximum atomic E-state index is 12.4. The zero-order valence-electron chi connectivity index (χ0n) is 21.2. The molecule has 0 bridgehead atoms. The molecule has 0 saturated carbocycles. The Balaban J connectivity index is 0.000000227. The van der Waals surface area contributed by atoms with Crippen molar-refractivity contribution in [3.8, 4) is 11.5 Å². The molecule has 4 aromatic rings. The van der Waals surface area contributed by atoms with Crippen LogP contribution >= 0.6 is 15.9 Å². The lowest BCUT2D eigenvalue weighted by atomic mass is 10.1. The fraction of sp³-hybridized carbons (Fsp3) is 0.200. The summed E-state index contributed by atoms with van der Waals surface area (Å²) < 4.78 is 78.8. The van der Waals surface area contributed by atoms with Gasteiger partial charge in [-0.15, -0.1) is 0 Å². The highest BCUT2D eigenvalue weighted by Crippen LogP contribution is 2.30. The summed E-state index contributed by atoms with van der Waals surface area (Å²) in [4.78, 5) is 0. The summed E-state index contributed by atoms with van der Waals surface area (Å²) in [6.07, 6.45) is -8.53. The second kappa shape index (κ2) is 14.6. The van der Waals surface area contributed by atoms with Gasteiger partial charge in [0, 0.05) is 5.33 Å². The second-order valence-corrected chi connectivity index (χ2v) is 8.92. The Kier molecular flexibility index (Phi) is 11.9. The van der Waals surface area contributed by atoms with Crippen LogP contribution in [0.3, 0.4) is 0 Å². The van der Waals surface area contributed by atoms with Gasteiger partial charge in [0.1, 0.15) is 18.1 Å². The van der Waals surface area contributed by atoms with E-state index in [1.165, 1.54) is 24.3 Å². The van der Waals surface area contributed by atoms with Crippen LogP contribution in [0.15, 0.2) is 97.1 Å². The smallest absolute Gasteiger partial charge is 0.416 e. The lowest BCUT2D eigenvalue weighted by molar-refractivity contribution is -0.138. The first-order valence-corrected chi connectivity index (χ1v) is 12.7. The van der Waals surface area contributed by atoms with Gasteiger partial charge in [0.15, 0.2) is 0 Å². The van der Waals surface area contributed by atoms with E-state index in [1.54, 1.807) is 6.07 Å². The zero-order chi connectivity index (χ0) is 29.1. The first-order valence-electron chi connectivity index (χ1n) is 11.6. The molecule has 0 spiro atoms. The highest BCUT2D eigenvalue weighted by atomic mass is 79.9. The molecule has 208 valence electrons. The molecule has 1 N–H and O–H groups in total. The van der Waals surface area contributed by atoms with Gasteiger partial charge in [-0.25, -0.2) is 0 Å². The Labute approximate surface area is 232 Å². The number of hydrogen-bond acceptors (Lipinski definition) is 2. The number of aryl methyl sites for hydroxylation is 2. The van der Waals surface area contributed by atoms with E-state index in [4.69, 9.17) is 9.84 Å². The molecule has 0 fully saturated rings. The second-order valence-electron chi connectivity index (χ2n) is 8.36. The van der Waals surface area contributed by atoms with Crippen molar-refractivity contribution >= 4 is 15.9 Å². The van der Waals surface area contributed by atoms with E-state index in [1.807, 2.05) is 56.3 Å². The number of hydrogen-bond donors (Lipinski definition) is 1. The summed E-state index contributed by atoms with van der Waals surface area (Å²) >= 11 is 3.15. The third-order valence-electron chi connectivity index (χ3n) is 5.32. The van der Waals surface area contributed by atoms with Crippen LogP contribution in [0, 0.1) is 13.8 Å². The van der Waals surface area contributed by atoms with Crippen LogP contribution in [0.2, 0.25) is 0 Å². The number of phenolic OH excluding ortho intramolecular Hbond substituents is 1. The van der Waals surface area contributed by atoms with E-state index >= 15 is 0 Å². The predicted molar refractivity (Wildman–Crippen MR) is 144 cm³/mol. The van der Waals surface area contributed by atoms with E-state index in [9.17, 15) is 26.3 Å². The van der Waals surface area contributed by atoms with Crippen LogP contribution in [-0.2, 0) is 24.3 Å². The maximum Gasteiger partial charge on any atom is 0.416 e. The Bertz CT molecular complexity index is 1260. The van der Waals surface area contributed by atoms with Crippen LogP contribution in [-0.4, -0.2) is 5.11 Å². The molecular formula is C30H27BrF6O2. The number of ether oxygens (including phenoxy) is 1. The minimum Gasteiger partial charge on any atom is -0.508 e. The molecule has 0 aliphatic carbocycles. The van der Waals surface area contributed by atoms with Gasteiger partial charge in [-0.3, -0.25) is 0 Å². The summed E-state index contributed by atoms with van der Waals surface area (Å²) in [5.74, 6) is 1.11. The van der Waals surface area contributed by atoms with Crippen LogP contribution in [0.1, 0.15) is 33.4 Å². The topological polar surface area (TPSA) is 29.5 Å². The average molecular weight is 613 g/mol. The van der Waals surface area contributed by atoms with Gasteiger partial charge in [0.25, 0.3) is 0 Å². The van der Waals surface area contributed by atoms with Gasteiger partial charge in [0.2, 0.25) is 0 Å². The van der Waals surface area contributed by atoms with Gasteiger partial charge in [0.05, 0.1) is 11.1 Å². The van der Waals surface area contributed by atoms with Crippen molar-refractivity contribution in [2.75, 3.05) is 0 Å². The molecule has 0 radical (unpaired) electrons. The molecule has 0 amide bonds. The Morgan fingerprint density at radius 2 is 1.05 bits per heavy atom. The molecule has 9 heteroatoms. The van der Waals surface area contributed by atoms with E-state index < -0.39 is 23.5 Å². The number of para-hydroxylation sites is 2. The first kappa shape index (κ1) is 31.8. The lowest BCUT2D eigenvalue weighted by Crippen LogP contribution is -2.05. The summed E-state index contributed by atoms with van der Waals surface area (Å²) in [5, 5.41) is 9.49. The fourth-order valence-electron chi connectivity index (χ4n) is 3.02. The standard InChI is InChI=1S/C15H13F3O.C8H6BrF3.C7H8O/c1-11-4-2-3-5-14(11)19-10-12-6-8-13(9-7-12)15(16,17)18;9-5-6-1-3-7(4-2-6)8(10,11)12;1-6-4-2-3-5-7(6)8/h2-9H,10H2,1H3;1-4H,5H2;2-5,8H,1H3. The normalized spacial score (nSPS) is 11.0. The lowest BCUT2D eigenvalue weighted by Gasteiger charge is -2.10.